The third-order valence-corrected chi connectivity index (χ3v) is 3.59. The highest BCUT2D eigenvalue weighted by Gasteiger charge is 2.41. The fourth-order valence-corrected chi connectivity index (χ4v) is 2.69. The number of rotatable bonds is 2. The molecule has 3 unspecified atom stereocenters. The predicted octanol–water partition coefficient (Wildman–Crippen LogP) is 1.71. The summed E-state index contributed by atoms with van der Waals surface area (Å²) in [6.45, 7) is 0. The van der Waals surface area contributed by atoms with Crippen LogP contribution in [0, 0.1) is 0 Å². The second-order valence-corrected chi connectivity index (χ2v) is 4.94. The Morgan fingerprint density at radius 3 is 2.67 bits per heavy atom. The summed E-state index contributed by atoms with van der Waals surface area (Å²) in [5.74, 6) is 0. The minimum atomic E-state index is -0.180. The van der Waals surface area contributed by atoms with Gasteiger partial charge < -0.3 is 21.1 Å². The molecule has 2 bridgehead atoms. The molecule has 0 aromatic heterocycles. The number of carbonyl (C=O) groups excluding carboxylic acids is 1. The second-order valence-electron chi connectivity index (χ2n) is 4.94. The van der Waals surface area contributed by atoms with Crippen molar-refractivity contribution in [2.75, 3.05) is 11.1 Å². The quantitative estimate of drug-likeness (QED) is 0.696. The Kier molecular flexibility index (Phi) is 2.83. The van der Waals surface area contributed by atoms with Gasteiger partial charge in [0.15, 0.2) is 0 Å². The van der Waals surface area contributed by atoms with Crippen molar-refractivity contribution >= 4 is 17.4 Å². The van der Waals surface area contributed by atoms with Crippen LogP contribution in [0.3, 0.4) is 0 Å². The fourth-order valence-electron chi connectivity index (χ4n) is 2.69. The van der Waals surface area contributed by atoms with E-state index >= 15 is 0 Å². The van der Waals surface area contributed by atoms with Crippen molar-refractivity contribution in [3.8, 4) is 0 Å². The Bertz CT molecular complexity index is 446. The lowest BCUT2D eigenvalue weighted by molar-refractivity contribution is 0.0984. The summed E-state index contributed by atoms with van der Waals surface area (Å²) in [5, 5.41) is 5.76. The number of carbonyl (C=O) groups is 1. The van der Waals surface area contributed by atoms with Crippen LogP contribution in [-0.2, 0) is 4.74 Å². The average molecular weight is 247 g/mol. The number of nitrogen functional groups attached to an aromatic ring is 1. The van der Waals surface area contributed by atoms with E-state index in [1.165, 1.54) is 0 Å². The van der Waals surface area contributed by atoms with Gasteiger partial charge in [-0.1, -0.05) is 0 Å². The van der Waals surface area contributed by atoms with Crippen molar-refractivity contribution in [2.45, 2.75) is 37.5 Å². The summed E-state index contributed by atoms with van der Waals surface area (Å²) in [7, 11) is 0. The molecule has 18 heavy (non-hydrogen) atoms. The smallest absolute Gasteiger partial charge is 0.319 e. The average Bonchev–Trinajstić information content (AvgIpc) is 2.94. The molecule has 2 aliphatic rings. The molecular weight excluding hydrogens is 230 g/mol. The number of ether oxygens (including phenoxy) is 1. The standard InChI is InChI=1S/C13H17N3O2/c14-8-1-3-9(4-2-8)15-13(17)16-11-7-10-5-6-12(11)18-10/h1-4,10-12H,5-7,14H2,(H2,15,16,17). The number of nitrogens with two attached hydrogens (primary N) is 1. The third kappa shape index (κ3) is 2.26. The van der Waals surface area contributed by atoms with E-state index in [1.807, 2.05) is 0 Å². The summed E-state index contributed by atoms with van der Waals surface area (Å²) in [6.07, 6.45) is 3.66. The highest BCUT2D eigenvalue weighted by molar-refractivity contribution is 5.89. The molecule has 1 aromatic carbocycles. The maximum absolute atomic E-state index is 11.8. The number of urea groups is 1. The van der Waals surface area contributed by atoms with E-state index in [2.05, 4.69) is 10.6 Å². The second kappa shape index (κ2) is 4.49. The van der Waals surface area contributed by atoms with Gasteiger partial charge in [-0.15, -0.1) is 0 Å². The summed E-state index contributed by atoms with van der Waals surface area (Å²) < 4.78 is 5.69. The van der Waals surface area contributed by atoms with Crippen LogP contribution in [0.25, 0.3) is 0 Å². The lowest BCUT2D eigenvalue weighted by atomic mass is 9.96. The molecule has 0 saturated carbocycles. The van der Waals surface area contributed by atoms with Gasteiger partial charge >= 0.3 is 6.03 Å². The van der Waals surface area contributed by atoms with Crippen molar-refractivity contribution in [1.82, 2.24) is 5.32 Å². The zero-order valence-corrected chi connectivity index (χ0v) is 10.1. The molecule has 0 spiro atoms. The summed E-state index contributed by atoms with van der Waals surface area (Å²) in [6, 6.07) is 7.06. The van der Waals surface area contributed by atoms with E-state index in [4.69, 9.17) is 10.5 Å². The molecule has 4 N–H and O–H groups in total. The van der Waals surface area contributed by atoms with Gasteiger partial charge in [-0.05, 0) is 43.5 Å². The summed E-state index contributed by atoms with van der Waals surface area (Å²) in [5.41, 5.74) is 7.01. The predicted molar refractivity (Wildman–Crippen MR) is 69.3 cm³/mol. The maximum Gasteiger partial charge on any atom is 0.319 e. The zero-order chi connectivity index (χ0) is 12.5. The molecule has 5 heteroatoms. The first-order valence-electron chi connectivity index (χ1n) is 6.29. The van der Waals surface area contributed by atoms with Crippen LogP contribution in [0.5, 0.6) is 0 Å². The van der Waals surface area contributed by atoms with E-state index in [1.54, 1.807) is 24.3 Å². The van der Waals surface area contributed by atoms with E-state index in [0.717, 1.165) is 24.9 Å². The van der Waals surface area contributed by atoms with Gasteiger partial charge in [0.05, 0.1) is 18.2 Å². The van der Waals surface area contributed by atoms with Gasteiger partial charge in [-0.2, -0.15) is 0 Å². The van der Waals surface area contributed by atoms with Crippen LogP contribution in [0.4, 0.5) is 16.2 Å². The fraction of sp³-hybridized carbons (Fsp3) is 0.462. The minimum Gasteiger partial charge on any atom is -0.399 e. The number of anilines is 2. The Hall–Kier alpha value is -1.75. The molecule has 2 amide bonds. The highest BCUT2D eigenvalue weighted by Crippen LogP contribution is 2.34. The van der Waals surface area contributed by atoms with Crippen molar-refractivity contribution in [1.29, 1.82) is 0 Å². The lowest BCUT2D eigenvalue weighted by Gasteiger charge is -2.20. The van der Waals surface area contributed by atoms with E-state index in [0.29, 0.717) is 11.8 Å². The number of hydrogen-bond acceptors (Lipinski definition) is 3. The van der Waals surface area contributed by atoms with Crippen LogP contribution >= 0.6 is 0 Å². The first-order valence-corrected chi connectivity index (χ1v) is 6.29. The molecule has 5 nitrogen and oxygen atoms in total. The lowest BCUT2D eigenvalue weighted by Crippen LogP contribution is -2.43. The maximum atomic E-state index is 11.8. The number of amides is 2. The van der Waals surface area contributed by atoms with Gasteiger partial charge in [-0.25, -0.2) is 4.79 Å². The normalized spacial score (nSPS) is 29.2. The van der Waals surface area contributed by atoms with Gasteiger partial charge in [0, 0.05) is 11.4 Å². The molecule has 2 fully saturated rings. The van der Waals surface area contributed by atoms with Crippen LogP contribution in [0.15, 0.2) is 24.3 Å². The Labute approximate surface area is 106 Å². The van der Waals surface area contributed by atoms with Crippen molar-refractivity contribution in [3.05, 3.63) is 24.3 Å². The van der Waals surface area contributed by atoms with E-state index in [9.17, 15) is 4.79 Å². The molecular formula is C13H17N3O2. The Morgan fingerprint density at radius 1 is 1.28 bits per heavy atom. The number of benzene rings is 1. The first kappa shape index (κ1) is 11.3. The molecule has 2 heterocycles. The molecule has 2 aliphatic heterocycles. The van der Waals surface area contributed by atoms with Crippen LogP contribution < -0.4 is 16.4 Å². The molecule has 96 valence electrons. The van der Waals surface area contributed by atoms with Gasteiger partial charge in [0.1, 0.15) is 0 Å². The van der Waals surface area contributed by atoms with E-state index < -0.39 is 0 Å². The first-order chi connectivity index (χ1) is 8.70. The van der Waals surface area contributed by atoms with Crippen molar-refractivity contribution in [3.63, 3.8) is 0 Å². The number of hydrogen-bond donors (Lipinski definition) is 3. The SMILES string of the molecule is Nc1ccc(NC(=O)NC2CC3CCC2O3)cc1. The van der Waals surface area contributed by atoms with Crippen molar-refractivity contribution < 1.29 is 9.53 Å². The Morgan fingerprint density at radius 2 is 2.06 bits per heavy atom. The topological polar surface area (TPSA) is 76.4 Å². The largest absolute Gasteiger partial charge is 0.399 e. The van der Waals surface area contributed by atoms with Crippen LogP contribution in [-0.4, -0.2) is 24.3 Å². The Balaban J connectivity index is 1.54. The van der Waals surface area contributed by atoms with Crippen molar-refractivity contribution in [2.24, 2.45) is 0 Å². The summed E-state index contributed by atoms with van der Waals surface area (Å²) >= 11 is 0. The molecule has 0 radical (unpaired) electrons. The van der Waals surface area contributed by atoms with Gasteiger partial charge in [0.25, 0.3) is 0 Å². The number of nitrogens with one attached hydrogen (secondary N) is 2. The molecule has 3 atom stereocenters. The van der Waals surface area contributed by atoms with E-state index in [-0.39, 0.29) is 18.2 Å². The van der Waals surface area contributed by atoms with Gasteiger partial charge in [0.2, 0.25) is 0 Å². The molecule has 3 rings (SSSR count). The highest BCUT2D eigenvalue weighted by atomic mass is 16.5. The third-order valence-electron chi connectivity index (χ3n) is 3.59. The molecule has 0 aliphatic carbocycles. The van der Waals surface area contributed by atoms with Crippen LogP contribution in [0.2, 0.25) is 0 Å². The summed E-state index contributed by atoms with van der Waals surface area (Å²) in [4.78, 5) is 11.8. The van der Waals surface area contributed by atoms with Gasteiger partial charge in [-0.3, -0.25) is 0 Å². The monoisotopic (exact) mass is 247 g/mol. The van der Waals surface area contributed by atoms with Crippen LogP contribution in [0.1, 0.15) is 19.3 Å². The number of fused-ring (bicyclic) bond motifs is 2. The molecule has 1 aromatic rings. The minimum absolute atomic E-state index is 0.150. The zero-order valence-electron chi connectivity index (χ0n) is 10.1. The molecule has 2 saturated heterocycles.